The molecule has 0 aliphatic heterocycles. The van der Waals surface area contributed by atoms with E-state index in [0.717, 1.165) is 18.7 Å². The summed E-state index contributed by atoms with van der Waals surface area (Å²) in [5.74, 6) is -0.170. The number of alkyl halides is 3. The van der Waals surface area contributed by atoms with E-state index in [9.17, 15) is 18.4 Å². The van der Waals surface area contributed by atoms with Crippen LogP contribution in [0.5, 0.6) is 0 Å². The SMILES string of the molecule is CCC/C=C/C(=C(\N=C(/C)Nc1cc(C#N)cc(NC)c1C=N)NC)C(F)(F)F. The first kappa shape index (κ1) is 23.8. The second-order valence-corrected chi connectivity index (χ2v) is 6.01. The molecular weight excluding hydrogens is 381 g/mol. The molecular formula is C20H25F3N6. The number of nitrogens with one attached hydrogen (secondary N) is 4. The Balaban J connectivity index is 3.43. The Morgan fingerprint density at radius 1 is 1.28 bits per heavy atom. The number of hydrogen-bond acceptors (Lipinski definition) is 5. The number of aliphatic imine (C=N–C) groups is 1. The molecule has 156 valence electrons. The molecule has 0 aromatic heterocycles. The third-order valence-electron chi connectivity index (χ3n) is 3.86. The molecule has 0 amide bonds. The van der Waals surface area contributed by atoms with Crippen molar-refractivity contribution in [2.24, 2.45) is 4.99 Å². The van der Waals surface area contributed by atoms with Gasteiger partial charge in [-0.3, -0.25) is 0 Å². The lowest BCUT2D eigenvalue weighted by Gasteiger charge is -2.16. The van der Waals surface area contributed by atoms with Crippen LogP contribution in [-0.4, -0.2) is 32.3 Å². The highest BCUT2D eigenvalue weighted by atomic mass is 19.4. The van der Waals surface area contributed by atoms with E-state index in [-0.39, 0.29) is 11.7 Å². The van der Waals surface area contributed by atoms with Crippen LogP contribution in [0.15, 0.2) is 40.7 Å². The average molecular weight is 406 g/mol. The summed E-state index contributed by atoms with van der Waals surface area (Å²) in [5.41, 5.74) is 0.823. The van der Waals surface area contributed by atoms with Gasteiger partial charge >= 0.3 is 6.18 Å². The fourth-order valence-corrected chi connectivity index (χ4v) is 2.50. The predicted molar refractivity (Wildman–Crippen MR) is 112 cm³/mol. The van der Waals surface area contributed by atoms with Crippen LogP contribution < -0.4 is 16.0 Å². The molecule has 1 rings (SSSR count). The van der Waals surface area contributed by atoms with Crippen molar-refractivity contribution in [3.8, 4) is 6.07 Å². The number of benzene rings is 1. The number of amidine groups is 1. The lowest BCUT2D eigenvalue weighted by atomic mass is 10.1. The highest BCUT2D eigenvalue weighted by Crippen LogP contribution is 2.30. The summed E-state index contributed by atoms with van der Waals surface area (Å²) < 4.78 is 40.4. The van der Waals surface area contributed by atoms with Crippen molar-refractivity contribution in [3.63, 3.8) is 0 Å². The molecule has 29 heavy (non-hydrogen) atoms. The number of nitriles is 1. The highest BCUT2D eigenvalue weighted by molar-refractivity contribution is 6.02. The minimum atomic E-state index is -4.58. The van der Waals surface area contributed by atoms with Crippen molar-refractivity contribution in [3.05, 3.63) is 46.8 Å². The van der Waals surface area contributed by atoms with Crippen LogP contribution in [0.1, 0.15) is 37.8 Å². The maximum Gasteiger partial charge on any atom is 0.419 e. The quantitative estimate of drug-likeness (QED) is 0.284. The fourth-order valence-electron chi connectivity index (χ4n) is 2.50. The first-order chi connectivity index (χ1) is 13.7. The second kappa shape index (κ2) is 10.9. The second-order valence-electron chi connectivity index (χ2n) is 6.01. The summed E-state index contributed by atoms with van der Waals surface area (Å²) in [6.07, 6.45) is 0.244. The lowest BCUT2D eigenvalue weighted by Crippen LogP contribution is -2.20. The van der Waals surface area contributed by atoms with E-state index in [1.54, 1.807) is 13.1 Å². The van der Waals surface area contributed by atoms with Gasteiger partial charge < -0.3 is 21.4 Å². The minimum Gasteiger partial charge on any atom is -0.387 e. The molecule has 0 fully saturated rings. The number of nitrogens with zero attached hydrogens (tertiary/aromatic N) is 2. The summed E-state index contributed by atoms with van der Waals surface area (Å²) in [6.45, 7) is 3.38. The standard InChI is InChI=1S/C20H25F3N6/c1-5-6-7-8-16(20(21,22)23)19(27-4)29-13(2)28-18-10-14(11-24)9-17(26-3)15(18)12-25/h7-10,12,25-27H,5-6H2,1-4H3,(H,28,29)/b8-7+,19-16+,25-12?. The van der Waals surface area contributed by atoms with E-state index in [1.165, 1.54) is 26.1 Å². The first-order valence-electron chi connectivity index (χ1n) is 8.96. The lowest BCUT2D eigenvalue weighted by molar-refractivity contribution is -0.0893. The van der Waals surface area contributed by atoms with Gasteiger partial charge in [0.25, 0.3) is 0 Å². The van der Waals surface area contributed by atoms with Crippen LogP contribution in [0.2, 0.25) is 0 Å². The number of halogens is 3. The molecule has 0 unspecified atom stereocenters. The Hall–Kier alpha value is -3.28. The van der Waals surface area contributed by atoms with Crippen molar-refractivity contribution in [1.29, 1.82) is 10.7 Å². The summed E-state index contributed by atoms with van der Waals surface area (Å²) >= 11 is 0. The molecule has 0 saturated heterocycles. The Morgan fingerprint density at radius 3 is 2.41 bits per heavy atom. The molecule has 0 radical (unpaired) electrons. The molecule has 0 saturated carbocycles. The van der Waals surface area contributed by atoms with Gasteiger partial charge in [0.15, 0.2) is 0 Å². The molecule has 1 aromatic rings. The predicted octanol–water partition coefficient (Wildman–Crippen LogP) is 4.78. The Morgan fingerprint density at radius 2 is 1.93 bits per heavy atom. The van der Waals surface area contributed by atoms with Gasteiger partial charge in [-0.25, -0.2) is 4.99 Å². The zero-order valence-electron chi connectivity index (χ0n) is 16.8. The smallest absolute Gasteiger partial charge is 0.387 e. The molecule has 0 atom stereocenters. The van der Waals surface area contributed by atoms with E-state index < -0.39 is 11.7 Å². The fraction of sp³-hybridized carbons (Fsp3) is 0.350. The number of rotatable bonds is 8. The number of anilines is 2. The van der Waals surface area contributed by atoms with Gasteiger partial charge in [-0.2, -0.15) is 18.4 Å². The Labute approximate surface area is 168 Å². The van der Waals surface area contributed by atoms with E-state index in [0.29, 0.717) is 28.9 Å². The van der Waals surface area contributed by atoms with Gasteiger partial charge in [0, 0.05) is 31.6 Å². The van der Waals surface area contributed by atoms with E-state index in [2.05, 4.69) is 20.9 Å². The van der Waals surface area contributed by atoms with E-state index in [1.807, 2.05) is 13.0 Å². The van der Waals surface area contributed by atoms with Crippen molar-refractivity contribution < 1.29 is 13.2 Å². The molecule has 4 N–H and O–H groups in total. The summed E-state index contributed by atoms with van der Waals surface area (Å²) in [7, 11) is 3.01. The Kier molecular flexibility index (Phi) is 8.93. The number of unbranched alkanes of at least 4 members (excludes halogenated alkanes) is 1. The number of allylic oxidation sites excluding steroid dienone is 3. The molecule has 0 bridgehead atoms. The zero-order valence-corrected chi connectivity index (χ0v) is 16.8. The third-order valence-corrected chi connectivity index (χ3v) is 3.86. The average Bonchev–Trinajstić information content (AvgIpc) is 2.68. The van der Waals surface area contributed by atoms with Crippen LogP contribution in [0, 0.1) is 16.7 Å². The molecule has 0 spiro atoms. The van der Waals surface area contributed by atoms with Gasteiger partial charge in [0.05, 0.1) is 22.9 Å². The summed E-state index contributed by atoms with van der Waals surface area (Å²) in [5, 5.41) is 25.1. The molecule has 0 aliphatic rings. The maximum atomic E-state index is 13.5. The monoisotopic (exact) mass is 406 g/mol. The normalized spacial score (nSPS) is 13.0. The summed E-state index contributed by atoms with van der Waals surface area (Å²) in [4.78, 5) is 4.05. The zero-order chi connectivity index (χ0) is 22.0. The minimum absolute atomic E-state index is 0.167. The molecule has 1 aromatic carbocycles. The third kappa shape index (κ3) is 6.68. The van der Waals surface area contributed by atoms with Gasteiger partial charge in [-0.1, -0.05) is 25.5 Å². The van der Waals surface area contributed by atoms with Crippen LogP contribution in [0.3, 0.4) is 0 Å². The van der Waals surface area contributed by atoms with Crippen molar-refractivity contribution in [2.45, 2.75) is 32.9 Å². The Bertz CT molecular complexity index is 860. The molecule has 0 heterocycles. The van der Waals surface area contributed by atoms with Gasteiger partial charge in [0.1, 0.15) is 11.7 Å². The van der Waals surface area contributed by atoms with Crippen molar-refractivity contribution in [2.75, 3.05) is 24.7 Å². The largest absolute Gasteiger partial charge is 0.419 e. The topological polar surface area (TPSA) is 96.1 Å². The van der Waals surface area contributed by atoms with Gasteiger partial charge in [0.2, 0.25) is 0 Å². The molecule has 6 nitrogen and oxygen atoms in total. The van der Waals surface area contributed by atoms with Crippen LogP contribution in [0.4, 0.5) is 24.5 Å². The summed E-state index contributed by atoms with van der Waals surface area (Å²) in [6, 6.07) is 5.10. The van der Waals surface area contributed by atoms with Gasteiger partial charge in [-0.05, 0) is 25.5 Å². The van der Waals surface area contributed by atoms with Crippen LogP contribution >= 0.6 is 0 Å². The number of hydrogen-bond donors (Lipinski definition) is 4. The first-order valence-corrected chi connectivity index (χ1v) is 8.96. The highest BCUT2D eigenvalue weighted by Gasteiger charge is 2.34. The van der Waals surface area contributed by atoms with Crippen LogP contribution in [0.25, 0.3) is 0 Å². The van der Waals surface area contributed by atoms with Crippen molar-refractivity contribution in [1.82, 2.24) is 5.32 Å². The molecule has 9 heteroatoms. The maximum absolute atomic E-state index is 13.5. The van der Waals surface area contributed by atoms with Crippen LogP contribution in [-0.2, 0) is 0 Å². The van der Waals surface area contributed by atoms with E-state index in [4.69, 9.17) is 5.41 Å². The molecule has 0 aliphatic carbocycles. The van der Waals surface area contributed by atoms with Crippen molar-refractivity contribution >= 4 is 23.4 Å². The van der Waals surface area contributed by atoms with Gasteiger partial charge in [-0.15, -0.1) is 0 Å². The van der Waals surface area contributed by atoms with E-state index >= 15 is 0 Å².